The highest BCUT2D eigenvalue weighted by Crippen LogP contribution is 2.14. The molecule has 0 saturated carbocycles. The van der Waals surface area contributed by atoms with Gasteiger partial charge >= 0.3 is 0 Å². The van der Waals surface area contributed by atoms with Crippen molar-refractivity contribution >= 4 is 17.5 Å². The van der Waals surface area contributed by atoms with Crippen molar-refractivity contribution in [3.63, 3.8) is 0 Å². The highest BCUT2D eigenvalue weighted by molar-refractivity contribution is 5.99. The van der Waals surface area contributed by atoms with Crippen LogP contribution in [0.25, 0.3) is 0 Å². The first-order chi connectivity index (χ1) is 10.9. The standard InChI is InChI=1S/C19H22N2O2/c1-12-5-7-16(9-14(12)3)19(23)20-11-18(22)21-17-8-6-13(2)15(4)10-17/h5-10H,11H2,1-4H3,(H,20,23)(H,21,22). The van der Waals surface area contributed by atoms with Crippen LogP contribution in [0.2, 0.25) is 0 Å². The van der Waals surface area contributed by atoms with E-state index in [1.54, 1.807) is 6.07 Å². The normalized spacial score (nSPS) is 10.3. The number of aryl methyl sites for hydroxylation is 4. The van der Waals surface area contributed by atoms with Crippen LogP contribution in [0.4, 0.5) is 5.69 Å². The van der Waals surface area contributed by atoms with Gasteiger partial charge in [0.05, 0.1) is 6.54 Å². The molecule has 0 saturated heterocycles. The minimum absolute atomic E-state index is 0.0569. The smallest absolute Gasteiger partial charge is 0.251 e. The fourth-order valence-corrected chi connectivity index (χ4v) is 2.17. The first-order valence-corrected chi connectivity index (χ1v) is 7.59. The van der Waals surface area contributed by atoms with Gasteiger partial charge in [0.1, 0.15) is 0 Å². The van der Waals surface area contributed by atoms with E-state index in [1.807, 2.05) is 58.0 Å². The molecule has 2 amide bonds. The lowest BCUT2D eigenvalue weighted by atomic mass is 10.1. The molecule has 2 aromatic carbocycles. The summed E-state index contributed by atoms with van der Waals surface area (Å²) in [7, 11) is 0. The van der Waals surface area contributed by atoms with Gasteiger partial charge in [0.15, 0.2) is 0 Å². The quantitative estimate of drug-likeness (QED) is 0.910. The Morgan fingerprint density at radius 1 is 0.826 bits per heavy atom. The predicted octanol–water partition coefficient (Wildman–Crippen LogP) is 3.29. The summed E-state index contributed by atoms with van der Waals surface area (Å²) in [6, 6.07) is 11.2. The van der Waals surface area contributed by atoms with Crippen LogP contribution in [0.3, 0.4) is 0 Å². The molecule has 2 aromatic rings. The van der Waals surface area contributed by atoms with E-state index in [1.165, 1.54) is 5.56 Å². The van der Waals surface area contributed by atoms with Gasteiger partial charge in [-0.05, 0) is 74.2 Å². The molecule has 0 fully saturated rings. The lowest BCUT2D eigenvalue weighted by Gasteiger charge is -2.09. The van der Waals surface area contributed by atoms with Gasteiger partial charge in [0.2, 0.25) is 5.91 Å². The van der Waals surface area contributed by atoms with Gasteiger partial charge < -0.3 is 10.6 Å². The molecule has 0 unspecified atom stereocenters. The second kappa shape index (κ2) is 7.09. The van der Waals surface area contributed by atoms with Crippen molar-refractivity contribution in [3.8, 4) is 0 Å². The molecule has 0 aromatic heterocycles. The van der Waals surface area contributed by atoms with Crippen LogP contribution in [0.1, 0.15) is 32.6 Å². The Bertz CT molecular complexity index is 751. The second-order valence-corrected chi connectivity index (χ2v) is 5.83. The average Bonchev–Trinajstić information content (AvgIpc) is 2.51. The van der Waals surface area contributed by atoms with Gasteiger partial charge in [-0.3, -0.25) is 9.59 Å². The fourth-order valence-electron chi connectivity index (χ4n) is 2.17. The summed E-state index contributed by atoms with van der Waals surface area (Å²) in [5.41, 5.74) is 5.77. The molecule has 0 atom stereocenters. The lowest BCUT2D eigenvalue weighted by molar-refractivity contribution is -0.115. The maximum absolute atomic E-state index is 12.1. The molecule has 4 nitrogen and oxygen atoms in total. The molecule has 0 aliphatic rings. The summed E-state index contributed by atoms with van der Waals surface area (Å²) < 4.78 is 0. The molecule has 4 heteroatoms. The van der Waals surface area contributed by atoms with Crippen molar-refractivity contribution in [2.75, 3.05) is 11.9 Å². The highest BCUT2D eigenvalue weighted by Gasteiger charge is 2.09. The van der Waals surface area contributed by atoms with E-state index < -0.39 is 0 Å². The molecule has 0 heterocycles. The summed E-state index contributed by atoms with van der Waals surface area (Å²) in [6.45, 7) is 7.91. The molecule has 0 spiro atoms. The number of amides is 2. The van der Waals surface area contributed by atoms with Crippen LogP contribution >= 0.6 is 0 Å². The van der Waals surface area contributed by atoms with Crippen molar-refractivity contribution in [2.24, 2.45) is 0 Å². The number of carbonyl (C=O) groups is 2. The molecule has 23 heavy (non-hydrogen) atoms. The average molecular weight is 310 g/mol. The van der Waals surface area contributed by atoms with Crippen molar-refractivity contribution in [2.45, 2.75) is 27.7 Å². The van der Waals surface area contributed by atoms with Gasteiger partial charge in [0, 0.05) is 11.3 Å². The first kappa shape index (κ1) is 16.7. The largest absolute Gasteiger partial charge is 0.343 e. The van der Waals surface area contributed by atoms with Gasteiger partial charge in [-0.15, -0.1) is 0 Å². The molecule has 0 aliphatic heterocycles. The van der Waals surface area contributed by atoms with E-state index in [0.29, 0.717) is 5.56 Å². The van der Waals surface area contributed by atoms with Crippen molar-refractivity contribution in [1.82, 2.24) is 5.32 Å². The topological polar surface area (TPSA) is 58.2 Å². The molecule has 0 bridgehead atoms. The van der Waals surface area contributed by atoms with Crippen LogP contribution in [-0.4, -0.2) is 18.4 Å². The molecule has 120 valence electrons. The third kappa shape index (κ3) is 4.42. The van der Waals surface area contributed by atoms with Gasteiger partial charge in [-0.2, -0.15) is 0 Å². The minimum atomic E-state index is -0.247. The third-order valence-electron chi connectivity index (χ3n) is 3.97. The van der Waals surface area contributed by atoms with E-state index in [4.69, 9.17) is 0 Å². The Labute approximate surface area is 136 Å². The first-order valence-electron chi connectivity index (χ1n) is 7.59. The number of benzene rings is 2. The third-order valence-corrected chi connectivity index (χ3v) is 3.97. The van der Waals surface area contributed by atoms with Gasteiger partial charge in [-0.1, -0.05) is 12.1 Å². The summed E-state index contributed by atoms with van der Waals surface area (Å²) in [6.07, 6.45) is 0. The van der Waals surface area contributed by atoms with E-state index in [9.17, 15) is 9.59 Å². The van der Waals surface area contributed by atoms with Crippen molar-refractivity contribution in [3.05, 3.63) is 64.2 Å². The summed E-state index contributed by atoms with van der Waals surface area (Å²) >= 11 is 0. The Morgan fingerprint density at radius 2 is 1.43 bits per heavy atom. The van der Waals surface area contributed by atoms with Crippen molar-refractivity contribution in [1.29, 1.82) is 0 Å². The monoisotopic (exact) mass is 310 g/mol. The Morgan fingerprint density at radius 3 is 2.04 bits per heavy atom. The Hall–Kier alpha value is -2.62. The number of nitrogens with one attached hydrogen (secondary N) is 2. The summed E-state index contributed by atoms with van der Waals surface area (Å²) in [4.78, 5) is 24.0. The van der Waals surface area contributed by atoms with Crippen LogP contribution in [0.5, 0.6) is 0 Å². The zero-order valence-corrected chi connectivity index (χ0v) is 14.0. The fraction of sp³-hybridized carbons (Fsp3) is 0.263. The second-order valence-electron chi connectivity index (χ2n) is 5.83. The molecule has 2 rings (SSSR count). The summed E-state index contributed by atoms with van der Waals surface area (Å²) in [5, 5.41) is 5.42. The number of hydrogen-bond donors (Lipinski definition) is 2. The van der Waals surface area contributed by atoms with E-state index >= 15 is 0 Å². The maximum Gasteiger partial charge on any atom is 0.251 e. The minimum Gasteiger partial charge on any atom is -0.343 e. The highest BCUT2D eigenvalue weighted by atomic mass is 16.2. The number of carbonyl (C=O) groups excluding carboxylic acids is 2. The molecular weight excluding hydrogens is 288 g/mol. The van der Waals surface area contributed by atoms with Crippen LogP contribution in [-0.2, 0) is 4.79 Å². The Kier molecular flexibility index (Phi) is 5.16. The number of rotatable bonds is 4. The zero-order chi connectivity index (χ0) is 17.0. The zero-order valence-electron chi connectivity index (χ0n) is 14.0. The predicted molar refractivity (Wildman–Crippen MR) is 92.8 cm³/mol. The number of anilines is 1. The van der Waals surface area contributed by atoms with E-state index in [2.05, 4.69) is 10.6 Å². The molecule has 2 N–H and O–H groups in total. The van der Waals surface area contributed by atoms with Crippen LogP contribution < -0.4 is 10.6 Å². The van der Waals surface area contributed by atoms with Crippen LogP contribution in [0.15, 0.2) is 36.4 Å². The summed E-state index contributed by atoms with van der Waals surface area (Å²) in [5.74, 6) is -0.492. The lowest BCUT2D eigenvalue weighted by Crippen LogP contribution is -2.32. The molecule has 0 radical (unpaired) electrons. The SMILES string of the molecule is Cc1ccc(NC(=O)CNC(=O)c2ccc(C)c(C)c2)cc1C. The number of hydrogen-bond acceptors (Lipinski definition) is 2. The Balaban J connectivity index is 1.91. The maximum atomic E-state index is 12.1. The molecule has 0 aliphatic carbocycles. The molecular formula is C19H22N2O2. The van der Waals surface area contributed by atoms with E-state index in [-0.39, 0.29) is 18.4 Å². The van der Waals surface area contributed by atoms with E-state index in [0.717, 1.165) is 22.4 Å². The van der Waals surface area contributed by atoms with Crippen LogP contribution in [0, 0.1) is 27.7 Å². The van der Waals surface area contributed by atoms with Gasteiger partial charge in [0.25, 0.3) is 5.91 Å². The van der Waals surface area contributed by atoms with Crippen molar-refractivity contribution < 1.29 is 9.59 Å². The van der Waals surface area contributed by atoms with Gasteiger partial charge in [-0.25, -0.2) is 0 Å².